The van der Waals surface area contributed by atoms with Crippen LogP contribution in [0.1, 0.15) is 19.8 Å². The lowest BCUT2D eigenvalue weighted by molar-refractivity contribution is -0.133. The van der Waals surface area contributed by atoms with E-state index < -0.39 is 0 Å². The molecule has 1 fully saturated rings. The highest BCUT2D eigenvalue weighted by atomic mass is 35.5. The number of nitrogens with zero attached hydrogens (tertiary/aromatic N) is 1. The molecule has 1 amide bonds. The second-order valence-corrected chi connectivity index (χ2v) is 3.94. The molecule has 13 heavy (non-hydrogen) atoms. The topological polar surface area (TPSA) is 29.5 Å². The van der Waals surface area contributed by atoms with E-state index in [1.54, 1.807) is 12.0 Å². The van der Waals surface area contributed by atoms with Crippen molar-refractivity contribution in [2.45, 2.75) is 25.4 Å². The first-order chi connectivity index (χ1) is 6.11. The first-order valence-corrected chi connectivity index (χ1v) is 5.04. The fraction of sp³-hybridized carbons (Fsp3) is 0.889. The number of carbonyl (C=O) groups is 1. The molecule has 1 saturated heterocycles. The second-order valence-electron chi connectivity index (χ2n) is 3.67. The van der Waals surface area contributed by atoms with Gasteiger partial charge in [-0.15, -0.1) is 11.6 Å². The van der Waals surface area contributed by atoms with Gasteiger partial charge in [0.25, 0.3) is 0 Å². The van der Waals surface area contributed by atoms with E-state index in [0.717, 1.165) is 25.9 Å². The van der Waals surface area contributed by atoms with Crippen molar-refractivity contribution in [2.75, 3.05) is 26.1 Å². The van der Waals surface area contributed by atoms with Gasteiger partial charge in [0.1, 0.15) is 5.88 Å². The molecule has 0 aromatic heterocycles. The van der Waals surface area contributed by atoms with E-state index in [1.165, 1.54) is 0 Å². The molecule has 0 unspecified atom stereocenters. The van der Waals surface area contributed by atoms with Crippen LogP contribution in [0, 0.1) is 0 Å². The molecule has 1 aliphatic heterocycles. The Hall–Kier alpha value is -0.280. The number of rotatable bonds is 2. The predicted octanol–water partition coefficient (Wildman–Crippen LogP) is 1.25. The number of methoxy groups -OCH3 is 1. The smallest absolute Gasteiger partial charge is 0.237 e. The Kier molecular flexibility index (Phi) is 3.56. The number of hydrogen-bond acceptors (Lipinski definition) is 2. The van der Waals surface area contributed by atoms with Gasteiger partial charge >= 0.3 is 0 Å². The fourth-order valence-corrected chi connectivity index (χ4v) is 1.69. The summed E-state index contributed by atoms with van der Waals surface area (Å²) in [6.07, 6.45) is 1.79. The summed E-state index contributed by atoms with van der Waals surface area (Å²) in [5, 5.41) is 0. The van der Waals surface area contributed by atoms with Gasteiger partial charge in [0, 0.05) is 20.2 Å². The minimum atomic E-state index is -0.0525. The second kappa shape index (κ2) is 4.29. The van der Waals surface area contributed by atoms with E-state index >= 15 is 0 Å². The van der Waals surface area contributed by atoms with Gasteiger partial charge in [0.05, 0.1) is 5.60 Å². The van der Waals surface area contributed by atoms with Crippen molar-refractivity contribution < 1.29 is 9.53 Å². The number of amides is 1. The maximum Gasteiger partial charge on any atom is 0.237 e. The lowest BCUT2D eigenvalue weighted by Gasteiger charge is -2.38. The first kappa shape index (κ1) is 10.8. The molecule has 4 heteroatoms. The molecule has 1 heterocycles. The lowest BCUT2D eigenvalue weighted by atomic mass is 9.93. The average molecular weight is 206 g/mol. The molecule has 0 aliphatic carbocycles. The molecule has 76 valence electrons. The van der Waals surface area contributed by atoms with Crippen LogP contribution in [0.2, 0.25) is 0 Å². The predicted molar refractivity (Wildman–Crippen MR) is 51.9 cm³/mol. The summed E-state index contributed by atoms with van der Waals surface area (Å²) < 4.78 is 5.37. The molecule has 0 aromatic carbocycles. The summed E-state index contributed by atoms with van der Waals surface area (Å²) in [6.45, 7) is 3.60. The van der Waals surface area contributed by atoms with Gasteiger partial charge in [-0.2, -0.15) is 0 Å². The Labute approximate surface area is 84.0 Å². The monoisotopic (exact) mass is 205 g/mol. The highest BCUT2D eigenvalue weighted by Crippen LogP contribution is 2.24. The number of alkyl halides is 1. The van der Waals surface area contributed by atoms with Crippen LogP contribution in [0.5, 0.6) is 0 Å². The fourth-order valence-electron chi connectivity index (χ4n) is 1.52. The van der Waals surface area contributed by atoms with Crippen molar-refractivity contribution in [2.24, 2.45) is 0 Å². The van der Waals surface area contributed by atoms with E-state index in [-0.39, 0.29) is 17.4 Å². The standard InChI is InChI=1S/C9H16ClNO2/c1-9(13-2)3-5-11(6-4-9)8(12)7-10/h3-7H2,1-2H3. The molecule has 0 aromatic rings. The molecule has 1 rings (SSSR count). The molecule has 0 radical (unpaired) electrons. The minimum Gasteiger partial charge on any atom is -0.378 e. The zero-order valence-electron chi connectivity index (χ0n) is 8.18. The number of likely N-dealkylation sites (tertiary alicyclic amines) is 1. The molecule has 0 N–H and O–H groups in total. The first-order valence-electron chi connectivity index (χ1n) is 4.50. The van der Waals surface area contributed by atoms with Crippen LogP contribution in [-0.2, 0) is 9.53 Å². The normalized spacial score (nSPS) is 21.6. The van der Waals surface area contributed by atoms with Crippen molar-refractivity contribution in [3.63, 3.8) is 0 Å². The van der Waals surface area contributed by atoms with Crippen LogP contribution in [0.15, 0.2) is 0 Å². The quantitative estimate of drug-likeness (QED) is 0.636. The summed E-state index contributed by atoms with van der Waals surface area (Å²) in [6, 6.07) is 0. The maximum absolute atomic E-state index is 11.2. The highest BCUT2D eigenvalue weighted by molar-refractivity contribution is 6.27. The summed E-state index contributed by atoms with van der Waals surface area (Å²) in [5.41, 5.74) is -0.0525. The molecular formula is C9H16ClNO2. The van der Waals surface area contributed by atoms with Crippen LogP contribution < -0.4 is 0 Å². The largest absolute Gasteiger partial charge is 0.378 e. The van der Waals surface area contributed by atoms with E-state index in [2.05, 4.69) is 6.92 Å². The van der Waals surface area contributed by atoms with Crippen LogP contribution in [0.4, 0.5) is 0 Å². The van der Waals surface area contributed by atoms with Crippen LogP contribution in [0.3, 0.4) is 0 Å². The molecular weight excluding hydrogens is 190 g/mol. The van der Waals surface area contributed by atoms with Crippen LogP contribution in [0.25, 0.3) is 0 Å². The van der Waals surface area contributed by atoms with E-state index in [1.807, 2.05) is 0 Å². The zero-order chi connectivity index (χ0) is 9.90. The summed E-state index contributed by atoms with van der Waals surface area (Å²) in [4.78, 5) is 13.0. The van der Waals surface area contributed by atoms with Crippen molar-refractivity contribution in [3.8, 4) is 0 Å². The third kappa shape index (κ3) is 2.58. The molecule has 0 spiro atoms. The van der Waals surface area contributed by atoms with Crippen molar-refractivity contribution in [3.05, 3.63) is 0 Å². The lowest BCUT2D eigenvalue weighted by Crippen LogP contribution is -2.46. The third-order valence-electron chi connectivity index (χ3n) is 2.78. The average Bonchev–Trinajstić information content (AvgIpc) is 2.18. The van der Waals surface area contributed by atoms with Gasteiger partial charge in [-0.1, -0.05) is 0 Å². The van der Waals surface area contributed by atoms with Gasteiger partial charge in [0.15, 0.2) is 0 Å². The van der Waals surface area contributed by atoms with Gasteiger partial charge in [-0.25, -0.2) is 0 Å². The zero-order valence-corrected chi connectivity index (χ0v) is 8.93. The molecule has 1 aliphatic rings. The molecule has 3 nitrogen and oxygen atoms in total. The molecule has 0 saturated carbocycles. The number of ether oxygens (including phenoxy) is 1. The number of piperidine rings is 1. The van der Waals surface area contributed by atoms with Gasteiger partial charge < -0.3 is 9.64 Å². The summed E-state index contributed by atoms with van der Waals surface area (Å²) >= 11 is 5.47. The van der Waals surface area contributed by atoms with Crippen LogP contribution in [-0.4, -0.2) is 42.5 Å². The van der Waals surface area contributed by atoms with Crippen molar-refractivity contribution in [1.82, 2.24) is 4.90 Å². The Balaban J connectivity index is 2.43. The number of carbonyl (C=O) groups excluding carboxylic acids is 1. The van der Waals surface area contributed by atoms with Crippen molar-refractivity contribution >= 4 is 17.5 Å². The minimum absolute atomic E-state index is 0.0276. The van der Waals surface area contributed by atoms with E-state index in [4.69, 9.17) is 16.3 Å². The summed E-state index contributed by atoms with van der Waals surface area (Å²) in [5.74, 6) is 0.115. The maximum atomic E-state index is 11.2. The molecule has 0 bridgehead atoms. The summed E-state index contributed by atoms with van der Waals surface area (Å²) in [7, 11) is 1.72. The third-order valence-corrected chi connectivity index (χ3v) is 3.01. The van der Waals surface area contributed by atoms with E-state index in [0.29, 0.717) is 0 Å². The van der Waals surface area contributed by atoms with Crippen molar-refractivity contribution in [1.29, 1.82) is 0 Å². The molecule has 0 atom stereocenters. The number of halogens is 1. The van der Waals surface area contributed by atoms with E-state index in [9.17, 15) is 4.79 Å². The van der Waals surface area contributed by atoms with Gasteiger partial charge in [-0.3, -0.25) is 4.79 Å². The van der Waals surface area contributed by atoms with Crippen LogP contribution >= 0.6 is 11.6 Å². The Morgan fingerprint density at radius 3 is 2.46 bits per heavy atom. The Bertz CT molecular complexity index is 188. The Morgan fingerprint density at radius 1 is 1.54 bits per heavy atom. The SMILES string of the molecule is COC1(C)CCN(C(=O)CCl)CC1. The highest BCUT2D eigenvalue weighted by Gasteiger charge is 2.31. The Morgan fingerprint density at radius 2 is 2.08 bits per heavy atom. The van der Waals surface area contributed by atoms with Gasteiger partial charge in [-0.05, 0) is 19.8 Å². The van der Waals surface area contributed by atoms with Gasteiger partial charge in [0.2, 0.25) is 5.91 Å². The number of hydrogen-bond donors (Lipinski definition) is 0.